The van der Waals surface area contributed by atoms with E-state index in [1.54, 1.807) is 67.6 Å². The van der Waals surface area contributed by atoms with Crippen molar-refractivity contribution in [3.63, 3.8) is 0 Å². The molecule has 174 valence electrons. The Labute approximate surface area is 198 Å². The maximum atomic E-state index is 13.0. The van der Waals surface area contributed by atoms with Crippen LogP contribution in [0.2, 0.25) is 5.02 Å². The fourth-order valence-corrected chi connectivity index (χ4v) is 4.63. The lowest BCUT2D eigenvalue weighted by Gasteiger charge is -2.14. The molecule has 3 aromatic carbocycles. The van der Waals surface area contributed by atoms with Crippen molar-refractivity contribution in [1.82, 2.24) is 0 Å². The molecule has 0 unspecified atom stereocenters. The molecular weight excluding hydrogens is 464 g/mol. The van der Waals surface area contributed by atoms with Gasteiger partial charge in [0.1, 0.15) is 12.4 Å². The zero-order valence-corrected chi connectivity index (χ0v) is 19.9. The molecule has 0 bridgehead atoms. The van der Waals surface area contributed by atoms with Crippen molar-refractivity contribution in [2.75, 3.05) is 29.9 Å². The highest BCUT2D eigenvalue weighted by molar-refractivity contribution is 7.92. The van der Waals surface area contributed by atoms with E-state index in [2.05, 4.69) is 10.0 Å². The van der Waals surface area contributed by atoms with Crippen molar-refractivity contribution < 1.29 is 22.7 Å². The van der Waals surface area contributed by atoms with Crippen molar-refractivity contribution in [2.24, 2.45) is 0 Å². The fraction of sp³-hybridized carbons (Fsp3) is 0.208. The number of hydrogen-bond donors (Lipinski definition) is 2. The summed E-state index contributed by atoms with van der Waals surface area (Å²) >= 11 is 6.09. The van der Waals surface area contributed by atoms with Gasteiger partial charge in [-0.1, -0.05) is 41.9 Å². The van der Waals surface area contributed by atoms with Gasteiger partial charge in [0.25, 0.3) is 15.9 Å². The molecule has 33 heavy (non-hydrogen) atoms. The third-order valence-corrected chi connectivity index (χ3v) is 6.51. The summed E-state index contributed by atoms with van der Waals surface area (Å²) < 4.78 is 39.4. The van der Waals surface area contributed by atoms with E-state index in [0.717, 1.165) is 0 Å². The Morgan fingerprint density at radius 3 is 2.48 bits per heavy atom. The molecule has 7 nitrogen and oxygen atoms in total. The number of benzene rings is 3. The Balaban J connectivity index is 1.80. The molecule has 0 radical (unpaired) electrons. The number of ether oxygens (including phenoxy) is 2. The first-order valence-corrected chi connectivity index (χ1v) is 12.2. The lowest BCUT2D eigenvalue weighted by molar-refractivity contribution is 0.0998. The number of anilines is 2. The SMILES string of the molecule is CCOCCOc1ccccc1C(=O)Nc1ccc(C)c(S(=O)(=O)Nc2ccccc2Cl)c1. The molecular formula is C24H25ClN2O5S. The van der Waals surface area contributed by atoms with Crippen molar-refractivity contribution in [2.45, 2.75) is 18.7 Å². The highest BCUT2D eigenvalue weighted by Gasteiger charge is 2.20. The zero-order valence-electron chi connectivity index (χ0n) is 18.3. The Morgan fingerprint density at radius 1 is 1.00 bits per heavy atom. The molecule has 3 aromatic rings. The molecule has 0 aromatic heterocycles. The van der Waals surface area contributed by atoms with Crippen molar-refractivity contribution in [3.8, 4) is 5.75 Å². The zero-order chi connectivity index (χ0) is 23.8. The lowest BCUT2D eigenvalue weighted by Crippen LogP contribution is -2.17. The van der Waals surface area contributed by atoms with Crippen LogP contribution in [0.5, 0.6) is 5.75 Å². The maximum Gasteiger partial charge on any atom is 0.262 e. The van der Waals surface area contributed by atoms with Gasteiger partial charge in [-0.05, 0) is 55.8 Å². The van der Waals surface area contributed by atoms with Crippen molar-refractivity contribution >= 4 is 38.9 Å². The number of para-hydroxylation sites is 2. The van der Waals surface area contributed by atoms with Crippen LogP contribution < -0.4 is 14.8 Å². The molecule has 0 aliphatic rings. The second-order valence-electron chi connectivity index (χ2n) is 7.06. The fourth-order valence-electron chi connectivity index (χ4n) is 3.04. The second kappa shape index (κ2) is 11.2. The number of amides is 1. The summed E-state index contributed by atoms with van der Waals surface area (Å²) in [4.78, 5) is 12.9. The molecule has 0 fully saturated rings. The molecule has 0 spiro atoms. The van der Waals surface area contributed by atoms with Gasteiger partial charge < -0.3 is 14.8 Å². The van der Waals surface area contributed by atoms with Gasteiger partial charge in [0.15, 0.2) is 0 Å². The van der Waals surface area contributed by atoms with E-state index in [-0.39, 0.29) is 15.6 Å². The average molecular weight is 489 g/mol. The first kappa shape index (κ1) is 24.6. The largest absolute Gasteiger partial charge is 0.490 e. The molecule has 3 rings (SSSR count). The van der Waals surface area contributed by atoms with Crippen LogP contribution in [0, 0.1) is 6.92 Å². The van der Waals surface area contributed by atoms with Crippen molar-refractivity contribution in [1.29, 1.82) is 0 Å². The van der Waals surface area contributed by atoms with Crippen LogP contribution in [0.4, 0.5) is 11.4 Å². The summed E-state index contributed by atoms with van der Waals surface area (Å²) in [5.41, 5.74) is 1.45. The third-order valence-electron chi connectivity index (χ3n) is 4.67. The van der Waals surface area contributed by atoms with Gasteiger partial charge in [0.2, 0.25) is 0 Å². The molecule has 0 saturated carbocycles. The topological polar surface area (TPSA) is 93.7 Å². The number of nitrogens with one attached hydrogen (secondary N) is 2. The molecule has 0 heterocycles. The highest BCUT2D eigenvalue weighted by Crippen LogP contribution is 2.27. The van der Waals surface area contributed by atoms with E-state index >= 15 is 0 Å². The minimum atomic E-state index is -3.94. The summed E-state index contributed by atoms with van der Waals surface area (Å²) in [5, 5.41) is 3.03. The second-order valence-corrected chi connectivity index (χ2v) is 9.12. The molecule has 1 amide bonds. The first-order valence-electron chi connectivity index (χ1n) is 10.3. The van der Waals surface area contributed by atoms with Crippen LogP contribution in [0.15, 0.2) is 71.6 Å². The number of sulfonamides is 1. The predicted molar refractivity (Wildman–Crippen MR) is 130 cm³/mol. The monoisotopic (exact) mass is 488 g/mol. The van der Waals surface area contributed by atoms with Gasteiger partial charge >= 0.3 is 0 Å². The molecule has 0 atom stereocenters. The Bertz CT molecular complexity index is 1230. The number of aryl methyl sites for hydroxylation is 1. The van der Waals surface area contributed by atoms with E-state index in [1.807, 2.05) is 6.92 Å². The number of rotatable bonds is 10. The Kier molecular flexibility index (Phi) is 8.32. The maximum absolute atomic E-state index is 13.0. The number of carbonyl (C=O) groups excluding carboxylic acids is 1. The number of halogens is 1. The van der Waals surface area contributed by atoms with Crippen LogP contribution in [-0.4, -0.2) is 34.1 Å². The van der Waals surface area contributed by atoms with Gasteiger partial charge in [0.05, 0.1) is 27.8 Å². The molecule has 9 heteroatoms. The summed E-state index contributed by atoms with van der Waals surface area (Å²) in [7, 11) is -3.94. The van der Waals surface area contributed by atoms with E-state index < -0.39 is 15.9 Å². The van der Waals surface area contributed by atoms with Crippen LogP contribution in [0.1, 0.15) is 22.8 Å². The minimum absolute atomic E-state index is 0.0291. The Morgan fingerprint density at radius 2 is 1.73 bits per heavy atom. The number of hydrogen-bond acceptors (Lipinski definition) is 5. The van der Waals surface area contributed by atoms with E-state index in [1.165, 1.54) is 6.07 Å². The van der Waals surface area contributed by atoms with Gasteiger partial charge in [-0.2, -0.15) is 0 Å². The van der Waals surface area contributed by atoms with Crippen molar-refractivity contribution in [3.05, 3.63) is 82.9 Å². The van der Waals surface area contributed by atoms with E-state index in [4.69, 9.17) is 21.1 Å². The van der Waals surface area contributed by atoms with Crippen LogP contribution in [0.3, 0.4) is 0 Å². The third kappa shape index (κ3) is 6.47. The average Bonchev–Trinajstić information content (AvgIpc) is 2.79. The van der Waals surface area contributed by atoms with Crippen LogP contribution >= 0.6 is 11.6 Å². The molecule has 0 aliphatic heterocycles. The molecule has 0 aliphatic carbocycles. The Hall–Kier alpha value is -3.07. The van der Waals surface area contributed by atoms with Crippen LogP contribution in [-0.2, 0) is 14.8 Å². The van der Waals surface area contributed by atoms with Gasteiger partial charge in [-0.25, -0.2) is 8.42 Å². The number of carbonyl (C=O) groups is 1. The van der Waals surface area contributed by atoms with Gasteiger partial charge in [-0.15, -0.1) is 0 Å². The normalized spacial score (nSPS) is 11.1. The minimum Gasteiger partial charge on any atom is -0.490 e. The highest BCUT2D eigenvalue weighted by atomic mass is 35.5. The lowest BCUT2D eigenvalue weighted by atomic mass is 10.1. The predicted octanol–water partition coefficient (Wildman–Crippen LogP) is 5.12. The molecule has 2 N–H and O–H groups in total. The summed E-state index contributed by atoms with van der Waals surface area (Å²) in [6, 6.07) is 18.1. The van der Waals surface area contributed by atoms with Crippen LogP contribution in [0.25, 0.3) is 0 Å². The van der Waals surface area contributed by atoms with Gasteiger partial charge in [-0.3, -0.25) is 9.52 Å². The summed E-state index contributed by atoms with van der Waals surface area (Å²) in [6.07, 6.45) is 0. The van der Waals surface area contributed by atoms with E-state index in [0.29, 0.717) is 42.4 Å². The standard InChI is InChI=1S/C24H25ClN2O5S/c1-3-31-14-15-32-22-11-7-4-8-19(22)24(28)26-18-13-12-17(2)23(16-18)33(29,30)27-21-10-6-5-9-20(21)25/h4-13,16,27H,3,14-15H2,1-2H3,(H,26,28). The van der Waals surface area contributed by atoms with Gasteiger partial charge in [0, 0.05) is 12.3 Å². The smallest absolute Gasteiger partial charge is 0.262 e. The summed E-state index contributed by atoms with van der Waals surface area (Å²) in [5.74, 6) is -0.0108. The molecule has 0 saturated heterocycles. The summed E-state index contributed by atoms with van der Waals surface area (Å²) in [6.45, 7) is 4.86. The van der Waals surface area contributed by atoms with E-state index in [9.17, 15) is 13.2 Å². The first-order chi connectivity index (χ1) is 15.8. The quantitative estimate of drug-likeness (QED) is 0.386.